The molecule has 3 fully saturated rings. The molecule has 2 N–H and O–H groups in total. The van der Waals surface area contributed by atoms with E-state index in [0.717, 1.165) is 13.3 Å². The van der Waals surface area contributed by atoms with E-state index in [1.807, 2.05) is 13.8 Å². The van der Waals surface area contributed by atoms with Crippen molar-refractivity contribution < 1.29 is 32.7 Å². The molecule has 3 aliphatic carbocycles. The van der Waals surface area contributed by atoms with Gasteiger partial charge in [-0.05, 0) is 74.2 Å². The summed E-state index contributed by atoms with van der Waals surface area (Å²) in [5, 5.41) is 11.6. The number of rotatable bonds is 6. The first-order valence-electron chi connectivity index (χ1n) is 12.9. The number of fused-ring (bicyclic) bond motifs is 3. The average molecular weight is 508 g/mol. The Morgan fingerprint density at radius 3 is 2.33 bits per heavy atom. The SMILES string of the molecule is CC(NC(=O)[C@H]1CC[C@H]2[C@@H]3CCC(=O)[C@](C)(CCC(=O)O)[C@H]3CC[C@]12C)(c1ccccc1)C(F)(F)F. The Labute approximate surface area is 210 Å². The number of nitrogens with one attached hydrogen (secondary N) is 1. The van der Waals surface area contributed by atoms with Crippen LogP contribution in [0.25, 0.3) is 0 Å². The zero-order valence-corrected chi connectivity index (χ0v) is 21.2. The number of benzene rings is 1. The monoisotopic (exact) mass is 507 g/mol. The number of ketones is 1. The predicted octanol–water partition coefficient (Wildman–Crippen LogP) is 5.87. The van der Waals surface area contributed by atoms with Gasteiger partial charge in [-0.25, -0.2) is 0 Å². The van der Waals surface area contributed by atoms with Gasteiger partial charge >= 0.3 is 12.1 Å². The van der Waals surface area contributed by atoms with Gasteiger partial charge in [0.05, 0.1) is 0 Å². The summed E-state index contributed by atoms with van der Waals surface area (Å²) in [6, 6.07) is 7.48. The van der Waals surface area contributed by atoms with E-state index in [1.54, 1.807) is 6.07 Å². The Morgan fingerprint density at radius 2 is 1.72 bits per heavy atom. The van der Waals surface area contributed by atoms with E-state index in [4.69, 9.17) is 0 Å². The largest absolute Gasteiger partial charge is 0.481 e. The Morgan fingerprint density at radius 1 is 1.06 bits per heavy atom. The van der Waals surface area contributed by atoms with E-state index in [9.17, 15) is 32.7 Å². The summed E-state index contributed by atoms with van der Waals surface area (Å²) in [6.07, 6.45) is -0.780. The molecule has 3 aliphatic rings. The van der Waals surface area contributed by atoms with Gasteiger partial charge in [0.1, 0.15) is 5.78 Å². The van der Waals surface area contributed by atoms with E-state index in [1.165, 1.54) is 24.3 Å². The van der Waals surface area contributed by atoms with Gasteiger partial charge in [0, 0.05) is 24.2 Å². The zero-order chi connectivity index (χ0) is 26.5. The molecule has 1 unspecified atom stereocenters. The second-order valence-electron chi connectivity index (χ2n) is 11.8. The van der Waals surface area contributed by atoms with Crippen molar-refractivity contribution in [2.75, 3.05) is 0 Å². The number of hydrogen-bond donors (Lipinski definition) is 2. The topological polar surface area (TPSA) is 83.5 Å². The molecule has 0 heterocycles. The molecule has 0 saturated heterocycles. The molecule has 3 saturated carbocycles. The van der Waals surface area contributed by atoms with Crippen LogP contribution in [0.15, 0.2) is 30.3 Å². The maximum Gasteiger partial charge on any atom is 0.415 e. The summed E-state index contributed by atoms with van der Waals surface area (Å²) in [7, 11) is 0. The molecular weight excluding hydrogens is 471 g/mol. The van der Waals surface area contributed by atoms with Gasteiger partial charge in [-0.3, -0.25) is 14.4 Å². The molecule has 5 nitrogen and oxygen atoms in total. The van der Waals surface area contributed by atoms with Crippen LogP contribution in [0.4, 0.5) is 13.2 Å². The second kappa shape index (κ2) is 9.18. The number of carbonyl (C=O) groups is 3. The number of halogens is 3. The first kappa shape index (κ1) is 26.7. The summed E-state index contributed by atoms with van der Waals surface area (Å²) < 4.78 is 42.8. The van der Waals surface area contributed by atoms with Gasteiger partial charge in [0.25, 0.3) is 0 Å². The predicted molar refractivity (Wildman–Crippen MR) is 128 cm³/mol. The number of aliphatic carboxylic acids is 1. The highest BCUT2D eigenvalue weighted by molar-refractivity contribution is 5.86. The molecule has 1 amide bonds. The normalized spacial score (nSPS) is 35.9. The molecule has 0 aliphatic heterocycles. The van der Waals surface area contributed by atoms with Crippen LogP contribution < -0.4 is 5.32 Å². The van der Waals surface area contributed by atoms with Crippen molar-refractivity contribution in [3.63, 3.8) is 0 Å². The Kier molecular flexibility index (Phi) is 6.80. The first-order valence-corrected chi connectivity index (χ1v) is 12.9. The molecule has 0 spiro atoms. The average Bonchev–Trinajstić information content (AvgIpc) is 3.17. The first-order chi connectivity index (χ1) is 16.7. The molecule has 0 bridgehead atoms. The summed E-state index contributed by atoms with van der Waals surface area (Å²) in [5.41, 5.74) is -3.66. The van der Waals surface area contributed by atoms with Crippen LogP contribution in [-0.4, -0.2) is 28.9 Å². The Hall–Kier alpha value is -2.38. The van der Waals surface area contributed by atoms with Crippen LogP contribution in [-0.2, 0) is 19.9 Å². The second-order valence-corrected chi connectivity index (χ2v) is 11.8. The van der Waals surface area contributed by atoms with Gasteiger partial charge in [-0.1, -0.05) is 44.2 Å². The molecule has 0 radical (unpaired) electrons. The minimum Gasteiger partial charge on any atom is -0.481 e. The molecule has 7 atom stereocenters. The molecule has 4 rings (SSSR count). The number of alkyl halides is 3. The van der Waals surface area contributed by atoms with Crippen molar-refractivity contribution >= 4 is 17.7 Å². The summed E-state index contributed by atoms with van der Waals surface area (Å²) >= 11 is 0. The molecule has 0 aromatic heterocycles. The van der Waals surface area contributed by atoms with Crippen LogP contribution >= 0.6 is 0 Å². The Balaban J connectivity index is 1.57. The van der Waals surface area contributed by atoms with Gasteiger partial charge in [0.15, 0.2) is 5.54 Å². The van der Waals surface area contributed by atoms with Crippen molar-refractivity contribution in [1.82, 2.24) is 5.32 Å². The number of carboxylic acid groups (broad SMARTS) is 1. The van der Waals surface area contributed by atoms with E-state index in [0.29, 0.717) is 38.5 Å². The molecule has 1 aromatic rings. The summed E-state index contributed by atoms with van der Waals surface area (Å²) in [6.45, 7) is 4.95. The zero-order valence-electron chi connectivity index (χ0n) is 21.2. The highest BCUT2D eigenvalue weighted by Gasteiger charge is 2.62. The molecule has 8 heteroatoms. The minimum atomic E-state index is -4.67. The molecule has 1 aromatic carbocycles. The van der Waals surface area contributed by atoms with Crippen molar-refractivity contribution in [2.45, 2.75) is 83.9 Å². The fourth-order valence-corrected chi connectivity index (χ4v) is 7.81. The van der Waals surface area contributed by atoms with Crippen molar-refractivity contribution in [3.05, 3.63) is 35.9 Å². The lowest BCUT2D eigenvalue weighted by atomic mass is 9.48. The number of hydrogen-bond acceptors (Lipinski definition) is 3. The third kappa shape index (κ3) is 4.24. The number of amides is 1. The fraction of sp³-hybridized carbons (Fsp3) is 0.679. The van der Waals surface area contributed by atoms with Crippen molar-refractivity contribution in [3.8, 4) is 0 Å². The van der Waals surface area contributed by atoms with Crippen LogP contribution in [0.1, 0.15) is 77.7 Å². The third-order valence-corrected chi connectivity index (χ3v) is 10.1. The van der Waals surface area contributed by atoms with Crippen LogP contribution in [0.3, 0.4) is 0 Å². The van der Waals surface area contributed by atoms with Crippen LogP contribution in [0, 0.1) is 34.5 Å². The van der Waals surface area contributed by atoms with Crippen molar-refractivity contribution in [1.29, 1.82) is 0 Å². The molecule has 36 heavy (non-hydrogen) atoms. The lowest BCUT2D eigenvalue weighted by Crippen LogP contribution is -2.58. The maximum absolute atomic E-state index is 14.3. The maximum atomic E-state index is 14.3. The van der Waals surface area contributed by atoms with E-state index in [-0.39, 0.29) is 35.5 Å². The lowest BCUT2D eigenvalue weighted by molar-refractivity contribution is -0.199. The highest BCUT2D eigenvalue weighted by Crippen LogP contribution is 2.64. The highest BCUT2D eigenvalue weighted by atomic mass is 19.4. The van der Waals surface area contributed by atoms with Gasteiger partial charge in [0.2, 0.25) is 5.91 Å². The quantitative estimate of drug-likeness (QED) is 0.504. The van der Waals surface area contributed by atoms with Gasteiger partial charge in [-0.2, -0.15) is 13.2 Å². The minimum absolute atomic E-state index is 0.00533. The molecular formula is C28H36F3NO4. The summed E-state index contributed by atoms with van der Waals surface area (Å²) in [5.74, 6) is -1.58. The van der Waals surface area contributed by atoms with Crippen LogP contribution in [0.2, 0.25) is 0 Å². The van der Waals surface area contributed by atoms with E-state index >= 15 is 0 Å². The van der Waals surface area contributed by atoms with Crippen molar-refractivity contribution in [2.24, 2.45) is 34.5 Å². The third-order valence-electron chi connectivity index (χ3n) is 10.1. The molecule has 198 valence electrons. The van der Waals surface area contributed by atoms with E-state index in [2.05, 4.69) is 5.32 Å². The van der Waals surface area contributed by atoms with Gasteiger partial charge < -0.3 is 10.4 Å². The van der Waals surface area contributed by atoms with E-state index < -0.39 is 40.3 Å². The standard InChI is InChI=1S/C28H36F3NO4/c1-25-15-13-20-18(9-12-22(33)26(20,2)16-14-23(34)35)19(25)10-11-21(25)24(36)32-27(3,28(29,30)31)17-7-5-4-6-8-17/h4-8,18-21H,9-16H2,1-3H3,(H,32,36)(H,34,35)/t18-,19-,20-,21+,25-,26+,27?/m0/s1. The van der Waals surface area contributed by atoms with Crippen LogP contribution in [0.5, 0.6) is 0 Å². The number of carboxylic acids is 1. The van der Waals surface area contributed by atoms with Gasteiger partial charge in [-0.15, -0.1) is 0 Å². The Bertz CT molecular complexity index is 1030. The fourth-order valence-electron chi connectivity index (χ4n) is 7.81. The smallest absolute Gasteiger partial charge is 0.415 e. The summed E-state index contributed by atoms with van der Waals surface area (Å²) in [4.78, 5) is 37.7. The number of Topliss-reactive ketones (excluding diaryl/α,β-unsaturated/α-hetero) is 1. The number of carbonyl (C=O) groups excluding carboxylic acids is 2. The lowest BCUT2D eigenvalue weighted by Gasteiger charge is -2.55.